The number of nitrogens with one attached hydrogen (secondary N) is 1. The van der Waals surface area contributed by atoms with E-state index >= 15 is 0 Å². The number of hydrogen-bond donors (Lipinski definition) is 2. The molecule has 1 heterocycles. The first-order valence-electron chi connectivity index (χ1n) is 11.0. The van der Waals surface area contributed by atoms with Gasteiger partial charge < -0.3 is 15.2 Å². The van der Waals surface area contributed by atoms with Crippen molar-refractivity contribution < 1.29 is 17.6 Å². The molecule has 0 atom stereocenters. The molecule has 1 fully saturated rings. The van der Waals surface area contributed by atoms with Gasteiger partial charge in [0.15, 0.2) is 0 Å². The van der Waals surface area contributed by atoms with E-state index in [0.717, 1.165) is 12.8 Å². The Morgan fingerprint density at radius 3 is 2.68 bits per heavy atom. The summed E-state index contributed by atoms with van der Waals surface area (Å²) in [5.74, 6) is -0.0776. The lowest BCUT2D eigenvalue weighted by Gasteiger charge is -2.14. The summed E-state index contributed by atoms with van der Waals surface area (Å²) in [4.78, 5) is 19.1. The van der Waals surface area contributed by atoms with Crippen molar-refractivity contribution >= 4 is 27.0 Å². The molecule has 1 saturated carbocycles. The summed E-state index contributed by atoms with van der Waals surface area (Å²) in [6, 6.07) is 9.93. The van der Waals surface area contributed by atoms with E-state index in [1.54, 1.807) is 55.9 Å². The van der Waals surface area contributed by atoms with Crippen LogP contribution in [-0.4, -0.2) is 55.5 Å². The lowest BCUT2D eigenvalue weighted by atomic mass is 10.0. The van der Waals surface area contributed by atoms with Gasteiger partial charge >= 0.3 is 0 Å². The zero-order chi connectivity index (χ0) is 24.6. The minimum absolute atomic E-state index is 0.0174. The molecular weight excluding hydrogens is 457 g/mol. The van der Waals surface area contributed by atoms with E-state index in [1.165, 1.54) is 17.0 Å². The minimum atomic E-state index is -3.67. The number of rotatable bonds is 8. The second-order valence-electron chi connectivity index (χ2n) is 8.65. The molecule has 1 aliphatic rings. The van der Waals surface area contributed by atoms with Crippen LogP contribution in [-0.2, 0) is 16.6 Å². The van der Waals surface area contributed by atoms with E-state index in [-0.39, 0.29) is 29.9 Å². The average Bonchev–Trinajstić information content (AvgIpc) is 3.54. The molecule has 0 spiro atoms. The van der Waals surface area contributed by atoms with Crippen LogP contribution in [0.2, 0.25) is 0 Å². The smallest absolute Gasteiger partial charge is 0.253 e. The molecule has 3 N–H and O–H groups in total. The fourth-order valence-corrected chi connectivity index (χ4v) is 5.15. The van der Waals surface area contributed by atoms with Crippen LogP contribution in [0.15, 0.2) is 53.2 Å². The largest absolute Gasteiger partial charge is 0.345 e. The zero-order valence-corrected chi connectivity index (χ0v) is 20.2. The van der Waals surface area contributed by atoms with Crippen LogP contribution in [0.25, 0.3) is 22.2 Å². The van der Waals surface area contributed by atoms with E-state index in [1.807, 2.05) is 0 Å². The highest BCUT2D eigenvalue weighted by atomic mass is 32.2. The Bertz CT molecular complexity index is 1390. The first-order valence-corrected chi connectivity index (χ1v) is 12.5. The summed E-state index contributed by atoms with van der Waals surface area (Å²) in [5.41, 5.74) is 8.15. The van der Waals surface area contributed by atoms with Crippen molar-refractivity contribution in [1.82, 2.24) is 19.2 Å². The highest BCUT2D eigenvalue weighted by molar-refractivity contribution is 7.89. The second-order valence-corrected chi connectivity index (χ2v) is 10.4. The molecule has 0 radical (unpaired) electrons. The number of benzene rings is 2. The van der Waals surface area contributed by atoms with E-state index in [4.69, 9.17) is 5.73 Å². The van der Waals surface area contributed by atoms with Crippen LogP contribution in [0.3, 0.4) is 0 Å². The molecule has 0 saturated heterocycles. The first kappa shape index (κ1) is 24.1. The molecule has 10 heteroatoms. The van der Waals surface area contributed by atoms with E-state index in [0.29, 0.717) is 33.5 Å². The van der Waals surface area contributed by atoms with Crippen LogP contribution >= 0.6 is 0 Å². The summed E-state index contributed by atoms with van der Waals surface area (Å²) in [5, 5.41) is 0. The molecule has 3 aromatic rings. The number of imidazole rings is 1. The van der Waals surface area contributed by atoms with Gasteiger partial charge in [0.2, 0.25) is 10.0 Å². The van der Waals surface area contributed by atoms with Crippen LogP contribution in [0.5, 0.6) is 0 Å². The molecule has 8 nitrogen and oxygen atoms in total. The Morgan fingerprint density at radius 1 is 1.29 bits per heavy atom. The summed E-state index contributed by atoms with van der Waals surface area (Å²) in [6.07, 6.45) is 2.96. The van der Waals surface area contributed by atoms with Crippen molar-refractivity contribution in [3.05, 3.63) is 59.7 Å². The van der Waals surface area contributed by atoms with Gasteiger partial charge in [-0.2, -0.15) is 0 Å². The van der Waals surface area contributed by atoms with Crippen LogP contribution in [0.1, 0.15) is 29.0 Å². The van der Waals surface area contributed by atoms with Crippen LogP contribution in [0, 0.1) is 6.92 Å². The average molecular weight is 486 g/mol. The SMILES string of the molecule is Cc1nc2c(-c3cccc(S(=O)(=O)NC4CC4)c3)cc(C(=O)N(C)C)cc2n1C/C(F)=C/CN. The molecule has 1 aromatic heterocycles. The van der Waals surface area contributed by atoms with E-state index in [9.17, 15) is 17.6 Å². The number of nitrogens with two attached hydrogens (primary N) is 1. The normalized spacial score (nSPS) is 14.6. The Balaban J connectivity index is 1.90. The van der Waals surface area contributed by atoms with Crippen molar-refractivity contribution in [2.75, 3.05) is 20.6 Å². The third-order valence-electron chi connectivity index (χ3n) is 5.70. The molecule has 1 amide bonds. The van der Waals surface area contributed by atoms with Crippen molar-refractivity contribution in [1.29, 1.82) is 0 Å². The molecule has 1 aliphatic carbocycles. The molecule has 4 rings (SSSR count). The minimum Gasteiger partial charge on any atom is -0.345 e. The van der Waals surface area contributed by atoms with Gasteiger partial charge in [-0.25, -0.2) is 22.5 Å². The first-order chi connectivity index (χ1) is 16.1. The van der Waals surface area contributed by atoms with Crippen molar-refractivity contribution in [3.8, 4) is 11.1 Å². The van der Waals surface area contributed by atoms with Crippen LogP contribution in [0.4, 0.5) is 4.39 Å². The number of halogens is 1. The molecule has 0 unspecified atom stereocenters. The van der Waals surface area contributed by atoms with Gasteiger partial charge in [0.1, 0.15) is 11.7 Å². The summed E-state index contributed by atoms with van der Waals surface area (Å²) in [6.45, 7) is 1.76. The Kier molecular flexibility index (Phi) is 6.57. The topological polar surface area (TPSA) is 110 Å². The van der Waals surface area contributed by atoms with Crippen molar-refractivity contribution in [3.63, 3.8) is 0 Å². The van der Waals surface area contributed by atoms with Crippen molar-refractivity contribution in [2.24, 2.45) is 5.73 Å². The van der Waals surface area contributed by atoms with Gasteiger partial charge in [-0.15, -0.1) is 0 Å². The number of carbonyl (C=O) groups excluding carboxylic acids is 1. The van der Waals surface area contributed by atoms with Gasteiger partial charge in [0, 0.05) is 37.8 Å². The predicted octanol–water partition coefficient (Wildman–Crippen LogP) is 2.97. The fraction of sp³-hybridized carbons (Fsp3) is 0.333. The quantitative estimate of drug-likeness (QED) is 0.510. The summed E-state index contributed by atoms with van der Waals surface area (Å²) in [7, 11) is -0.370. The Labute approximate surface area is 198 Å². The number of fused-ring (bicyclic) bond motifs is 1. The fourth-order valence-electron chi connectivity index (χ4n) is 3.80. The number of carbonyl (C=O) groups is 1. The number of amides is 1. The number of hydrogen-bond acceptors (Lipinski definition) is 5. The second kappa shape index (κ2) is 9.28. The third-order valence-corrected chi connectivity index (χ3v) is 7.22. The zero-order valence-electron chi connectivity index (χ0n) is 19.4. The monoisotopic (exact) mass is 485 g/mol. The number of aromatic nitrogens is 2. The van der Waals surface area contributed by atoms with Crippen LogP contribution < -0.4 is 10.5 Å². The number of nitrogens with zero attached hydrogens (tertiary/aromatic N) is 3. The third kappa shape index (κ3) is 4.89. The summed E-state index contributed by atoms with van der Waals surface area (Å²) >= 11 is 0. The van der Waals surface area contributed by atoms with Crippen molar-refractivity contribution in [2.45, 2.75) is 37.2 Å². The molecule has 34 heavy (non-hydrogen) atoms. The van der Waals surface area contributed by atoms with Gasteiger partial charge in [0.25, 0.3) is 5.91 Å². The highest BCUT2D eigenvalue weighted by Crippen LogP contribution is 2.33. The van der Waals surface area contributed by atoms with E-state index in [2.05, 4.69) is 9.71 Å². The maximum Gasteiger partial charge on any atom is 0.253 e. The molecule has 0 aliphatic heterocycles. The molecular formula is C24H28FN5O3S. The molecule has 0 bridgehead atoms. The maximum absolute atomic E-state index is 14.4. The lowest BCUT2D eigenvalue weighted by molar-refractivity contribution is 0.0827. The standard InChI is InChI=1S/C24H28FN5O3S/c1-15-27-23-21(16-5-4-6-20(11-16)34(32,33)28-19-7-8-19)12-17(24(31)29(2)3)13-22(23)30(15)14-18(25)9-10-26/h4-6,9,11-13,19,28H,7-8,10,14,26H2,1-3H3/b18-9-. The Morgan fingerprint density at radius 2 is 2.03 bits per heavy atom. The van der Waals surface area contributed by atoms with Gasteiger partial charge in [-0.1, -0.05) is 12.1 Å². The number of aryl methyl sites for hydroxylation is 1. The number of sulfonamides is 1. The lowest BCUT2D eigenvalue weighted by Crippen LogP contribution is -2.25. The highest BCUT2D eigenvalue weighted by Gasteiger charge is 2.28. The van der Waals surface area contributed by atoms with E-state index < -0.39 is 15.9 Å². The molecule has 2 aromatic carbocycles. The van der Waals surface area contributed by atoms with Gasteiger partial charge in [0.05, 0.1) is 22.5 Å². The number of allylic oxidation sites excluding steroid dienone is 1. The summed E-state index contributed by atoms with van der Waals surface area (Å²) < 4.78 is 44.3. The molecule has 180 valence electrons. The van der Waals surface area contributed by atoms with Gasteiger partial charge in [-0.05, 0) is 55.7 Å². The maximum atomic E-state index is 14.4. The Hall–Kier alpha value is -3.08. The van der Waals surface area contributed by atoms with Gasteiger partial charge in [-0.3, -0.25) is 4.79 Å². The predicted molar refractivity (Wildman–Crippen MR) is 130 cm³/mol.